The van der Waals surface area contributed by atoms with E-state index in [-0.39, 0.29) is 17.5 Å². The van der Waals surface area contributed by atoms with Crippen molar-refractivity contribution in [2.45, 2.75) is 31.5 Å². The van der Waals surface area contributed by atoms with E-state index in [1.54, 1.807) is 0 Å². The molecule has 4 aromatic heterocycles. The topological polar surface area (TPSA) is 226 Å². The van der Waals surface area contributed by atoms with Gasteiger partial charge in [-0.15, -0.1) is 0 Å². The molecule has 5 heterocycles. The Balaban J connectivity index is 0.000000165. The average Bonchev–Trinajstić information content (AvgIpc) is 3.46. The molecule has 1 saturated heterocycles. The molecular weight excluding hydrogens is 424 g/mol. The maximum Gasteiger partial charge on any atom is 0.230 e. The predicted octanol–water partition coefficient (Wildman–Crippen LogP) is -1.91. The van der Waals surface area contributed by atoms with Gasteiger partial charge in [0.25, 0.3) is 0 Å². The van der Waals surface area contributed by atoms with Gasteiger partial charge in [0.05, 0.1) is 12.9 Å². The first kappa shape index (κ1) is 21.4. The number of aliphatic hydroxyl groups excluding tert-OH is 3. The minimum absolute atomic E-state index is 0.152. The van der Waals surface area contributed by atoms with Gasteiger partial charge in [0.15, 0.2) is 34.7 Å². The van der Waals surface area contributed by atoms with Crippen LogP contribution in [0.2, 0.25) is 0 Å². The number of carbonyl (C=O) groups is 1. The zero-order valence-corrected chi connectivity index (χ0v) is 16.7. The minimum Gasteiger partial charge on any atom is -0.394 e. The van der Waals surface area contributed by atoms with E-state index >= 15 is 0 Å². The third-order valence-corrected chi connectivity index (χ3v) is 4.88. The van der Waals surface area contributed by atoms with Crippen LogP contribution in [0.1, 0.15) is 17.9 Å². The summed E-state index contributed by atoms with van der Waals surface area (Å²) < 4.78 is 8.18. The van der Waals surface area contributed by atoms with Crippen LogP contribution >= 0.6 is 0 Å². The number of imidazole rings is 2. The van der Waals surface area contributed by atoms with Crippen LogP contribution in [0.15, 0.2) is 25.3 Å². The van der Waals surface area contributed by atoms with Crippen molar-refractivity contribution in [3.05, 3.63) is 25.3 Å². The second-order valence-corrected chi connectivity index (χ2v) is 6.88. The Hall–Kier alpha value is -3.79. The molecule has 32 heavy (non-hydrogen) atoms. The van der Waals surface area contributed by atoms with Gasteiger partial charge < -0.3 is 31.5 Å². The molecule has 0 spiro atoms. The van der Waals surface area contributed by atoms with Crippen molar-refractivity contribution in [1.29, 1.82) is 0 Å². The zero-order chi connectivity index (χ0) is 23.0. The van der Waals surface area contributed by atoms with Crippen LogP contribution in [0.3, 0.4) is 0 Å². The summed E-state index contributed by atoms with van der Waals surface area (Å²) in [6, 6.07) is 0. The predicted molar refractivity (Wildman–Crippen MR) is 109 cm³/mol. The number of hydrogen-bond donors (Lipinski definition) is 5. The van der Waals surface area contributed by atoms with Gasteiger partial charge in [-0.2, -0.15) is 0 Å². The van der Waals surface area contributed by atoms with Crippen LogP contribution in [-0.2, 0) is 4.74 Å². The first-order chi connectivity index (χ1) is 15.3. The SMILES string of the molecule is CC(=O)n1cnc2c(N)ncnc21.Nc1ncnc2c1ncn2[C@@H]1O[C@H](CO)[C@@H](O)[C@H]1O. The number of nitrogen functional groups attached to an aromatic ring is 2. The molecule has 1 aliphatic heterocycles. The quantitative estimate of drug-likeness (QED) is 0.228. The lowest BCUT2D eigenvalue weighted by atomic mass is 10.1. The van der Waals surface area contributed by atoms with Gasteiger partial charge in [-0.25, -0.2) is 29.9 Å². The molecule has 4 atom stereocenters. The lowest BCUT2D eigenvalue weighted by Gasteiger charge is -2.16. The van der Waals surface area contributed by atoms with Gasteiger partial charge in [0.1, 0.15) is 42.8 Å². The van der Waals surface area contributed by atoms with Gasteiger partial charge in [0, 0.05) is 6.92 Å². The van der Waals surface area contributed by atoms with Crippen molar-refractivity contribution in [3.63, 3.8) is 0 Å². The number of nitrogens with zero attached hydrogens (tertiary/aromatic N) is 8. The van der Waals surface area contributed by atoms with Crippen LogP contribution in [0, 0.1) is 0 Å². The van der Waals surface area contributed by atoms with E-state index in [0.29, 0.717) is 22.3 Å². The van der Waals surface area contributed by atoms with Crippen molar-refractivity contribution in [1.82, 2.24) is 39.0 Å². The van der Waals surface area contributed by atoms with E-state index < -0.39 is 31.1 Å². The third-order valence-electron chi connectivity index (χ3n) is 4.88. The fourth-order valence-electron chi connectivity index (χ4n) is 3.25. The number of nitrogens with two attached hydrogens (primary N) is 2. The average molecular weight is 444 g/mol. The second kappa shape index (κ2) is 8.39. The molecule has 15 heteroatoms. The summed E-state index contributed by atoms with van der Waals surface area (Å²) in [5.41, 5.74) is 12.9. The highest BCUT2D eigenvalue weighted by Crippen LogP contribution is 2.31. The lowest BCUT2D eigenvalue weighted by molar-refractivity contribution is -0.0511. The molecule has 0 bridgehead atoms. The van der Waals surface area contributed by atoms with Crippen LogP contribution < -0.4 is 11.5 Å². The van der Waals surface area contributed by atoms with E-state index in [0.717, 1.165) is 0 Å². The highest BCUT2D eigenvalue weighted by atomic mass is 16.6. The normalized spacial score (nSPS) is 22.8. The highest BCUT2D eigenvalue weighted by molar-refractivity contribution is 5.90. The summed E-state index contributed by atoms with van der Waals surface area (Å²) in [5, 5.41) is 28.7. The molecule has 7 N–H and O–H groups in total. The number of ether oxygens (including phenoxy) is 1. The lowest BCUT2D eigenvalue weighted by Crippen LogP contribution is -2.33. The Labute approximate surface area is 179 Å². The third kappa shape index (κ3) is 3.58. The Morgan fingerprint density at radius 1 is 0.969 bits per heavy atom. The van der Waals surface area contributed by atoms with Crippen LogP contribution in [-0.4, -0.2) is 85.2 Å². The van der Waals surface area contributed by atoms with Gasteiger partial charge in [0.2, 0.25) is 5.91 Å². The van der Waals surface area contributed by atoms with Crippen molar-refractivity contribution in [3.8, 4) is 0 Å². The van der Waals surface area contributed by atoms with Gasteiger partial charge in [-0.1, -0.05) is 0 Å². The van der Waals surface area contributed by atoms with Crippen molar-refractivity contribution in [2.75, 3.05) is 18.1 Å². The molecular formula is C17H20N10O5. The molecule has 0 unspecified atom stereocenters. The Morgan fingerprint density at radius 3 is 2.16 bits per heavy atom. The number of aliphatic hydroxyl groups is 3. The molecule has 15 nitrogen and oxygen atoms in total. The first-order valence-electron chi connectivity index (χ1n) is 9.33. The maximum absolute atomic E-state index is 11.1. The van der Waals surface area contributed by atoms with E-state index in [4.69, 9.17) is 21.3 Å². The fraction of sp³-hybridized carbons (Fsp3) is 0.353. The Bertz CT molecular complexity index is 1270. The molecule has 5 rings (SSSR count). The number of hydrogen-bond acceptors (Lipinski definition) is 13. The molecule has 0 amide bonds. The first-order valence-corrected chi connectivity index (χ1v) is 9.33. The molecule has 168 valence electrons. The molecule has 1 fully saturated rings. The van der Waals surface area contributed by atoms with Gasteiger partial charge in [-0.05, 0) is 0 Å². The molecule has 0 saturated carbocycles. The molecule has 4 aromatic rings. The van der Waals surface area contributed by atoms with Crippen LogP contribution in [0.25, 0.3) is 22.3 Å². The van der Waals surface area contributed by atoms with Crippen molar-refractivity contribution < 1.29 is 24.9 Å². The molecule has 0 aromatic carbocycles. The molecule has 0 radical (unpaired) electrons. The van der Waals surface area contributed by atoms with E-state index in [2.05, 4.69) is 29.9 Å². The van der Waals surface area contributed by atoms with E-state index in [1.165, 1.54) is 41.4 Å². The van der Waals surface area contributed by atoms with E-state index in [9.17, 15) is 15.0 Å². The zero-order valence-electron chi connectivity index (χ0n) is 16.7. The number of rotatable bonds is 2. The smallest absolute Gasteiger partial charge is 0.230 e. The minimum atomic E-state index is -1.19. The summed E-state index contributed by atoms with van der Waals surface area (Å²) in [6.07, 6.45) is 1.27. The van der Waals surface area contributed by atoms with Crippen LogP contribution in [0.5, 0.6) is 0 Å². The maximum atomic E-state index is 11.1. The standard InChI is InChI=1S/C10H13N5O4.C7H7N5O/c11-8-5-9(13-2-12-8)15(3-14-5)10-7(18)6(17)4(1-16)19-10;1-4(13)12-3-11-5-6(8)9-2-10-7(5)12/h2-4,6-7,10,16-18H,1H2,(H2,11,12,13);2-3H,1H3,(H2,8,9,10)/t4-,6-,7-,10-;/m1./s1. The Morgan fingerprint density at radius 2 is 1.56 bits per heavy atom. The van der Waals surface area contributed by atoms with Gasteiger partial charge >= 0.3 is 0 Å². The van der Waals surface area contributed by atoms with Gasteiger partial charge in [-0.3, -0.25) is 13.9 Å². The van der Waals surface area contributed by atoms with E-state index in [1.807, 2.05) is 0 Å². The summed E-state index contributed by atoms with van der Waals surface area (Å²) in [5.74, 6) is 0.348. The monoisotopic (exact) mass is 444 g/mol. The fourth-order valence-corrected chi connectivity index (χ4v) is 3.25. The summed E-state index contributed by atoms with van der Waals surface area (Å²) in [4.78, 5) is 34.5. The van der Waals surface area contributed by atoms with Crippen molar-refractivity contribution >= 4 is 39.9 Å². The largest absolute Gasteiger partial charge is 0.394 e. The number of anilines is 2. The van der Waals surface area contributed by atoms with Crippen molar-refractivity contribution in [2.24, 2.45) is 0 Å². The summed E-state index contributed by atoms with van der Waals surface area (Å²) >= 11 is 0. The summed E-state index contributed by atoms with van der Waals surface area (Å²) in [6.45, 7) is 1.04. The molecule has 0 aliphatic carbocycles. The number of fused-ring (bicyclic) bond motifs is 2. The summed E-state index contributed by atoms with van der Waals surface area (Å²) in [7, 11) is 0. The van der Waals surface area contributed by atoms with Crippen LogP contribution in [0.4, 0.5) is 11.6 Å². The number of carbonyl (C=O) groups excluding carboxylic acids is 1. The Kier molecular flexibility index (Phi) is 5.62. The highest BCUT2D eigenvalue weighted by Gasteiger charge is 2.43. The molecule has 1 aliphatic rings. The number of aromatic nitrogens is 8. The second-order valence-electron chi connectivity index (χ2n) is 6.88.